The fraction of sp³-hybridized carbons (Fsp3) is 0.667. The fourth-order valence-electron chi connectivity index (χ4n) is 1.48. The van der Waals surface area contributed by atoms with Crippen molar-refractivity contribution in [1.29, 1.82) is 0 Å². The maximum Gasteiger partial charge on any atom is 0.351 e. The summed E-state index contributed by atoms with van der Waals surface area (Å²) in [6.45, 7) is 3.29. The summed E-state index contributed by atoms with van der Waals surface area (Å²) in [5.41, 5.74) is -3.02. The second kappa shape index (κ2) is 7.56. The number of methoxy groups -OCH3 is 1. The van der Waals surface area contributed by atoms with E-state index in [9.17, 15) is 23.6 Å². The van der Waals surface area contributed by atoms with Gasteiger partial charge in [0.15, 0.2) is 5.78 Å². The van der Waals surface area contributed by atoms with Gasteiger partial charge in [-0.3, -0.25) is 9.59 Å². The minimum absolute atomic E-state index is 0.124. The Morgan fingerprint density at radius 1 is 1.25 bits per heavy atom. The number of hydrogen-bond donors (Lipinski definition) is 1. The zero-order valence-electron chi connectivity index (χ0n) is 11.8. The SMILES string of the molecule is CCOC(=O)C(F)(C[C@H](NC(C)=O)C(=O)OC)C(C)=O. The molecule has 0 heterocycles. The Kier molecular flexibility index (Phi) is 6.81. The largest absolute Gasteiger partial charge is 0.467 e. The first-order valence-corrected chi connectivity index (χ1v) is 5.91. The maximum absolute atomic E-state index is 14.5. The van der Waals surface area contributed by atoms with Gasteiger partial charge in [0.25, 0.3) is 5.67 Å². The van der Waals surface area contributed by atoms with E-state index in [-0.39, 0.29) is 6.61 Å². The highest BCUT2D eigenvalue weighted by atomic mass is 19.1. The first-order chi connectivity index (χ1) is 9.18. The van der Waals surface area contributed by atoms with E-state index in [1.54, 1.807) is 0 Å². The third-order valence-electron chi connectivity index (χ3n) is 2.51. The summed E-state index contributed by atoms with van der Waals surface area (Å²) in [5, 5.41) is 2.12. The number of nitrogens with one attached hydrogen (secondary N) is 1. The summed E-state index contributed by atoms with van der Waals surface area (Å²) in [5.74, 6) is -4.11. The van der Waals surface area contributed by atoms with Gasteiger partial charge in [0.2, 0.25) is 5.91 Å². The Labute approximate surface area is 115 Å². The molecule has 7 nitrogen and oxygen atoms in total. The average molecular weight is 291 g/mol. The van der Waals surface area contributed by atoms with E-state index in [1.165, 1.54) is 6.92 Å². The van der Waals surface area contributed by atoms with Crippen LogP contribution in [0, 0.1) is 0 Å². The van der Waals surface area contributed by atoms with Gasteiger partial charge in [0, 0.05) is 13.3 Å². The van der Waals surface area contributed by atoms with E-state index in [0.717, 1.165) is 21.0 Å². The normalized spacial score (nSPS) is 14.7. The molecule has 0 fully saturated rings. The van der Waals surface area contributed by atoms with Crippen molar-refractivity contribution in [2.24, 2.45) is 0 Å². The minimum Gasteiger partial charge on any atom is -0.467 e. The molecule has 0 aromatic heterocycles. The second-order valence-electron chi connectivity index (χ2n) is 4.06. The Morgan fingerprint density at radius 2 is 1.80 bits per heavy atom. The summed E-state index contributed by atoms with van der Waals surface area (Å²) >= 11 is 0. The number of hydrogen-bond acceptors (Lipinski definition) is 6. The van der Waals surface area contributed by atoms with Crippen molar-refractivity contribution >= 4 is 23.6 Å². The van der Waals surface area contributed by atoms with Crippen LogP contribution in [0.1, 0.15) is 27.2 Å². The molecule has 1 unspecified atom stereocenters. The molecule has 0 rings (SSSR count). The molecule has 0 aliphatic carbocycles. The number of rotatable bonds is 7. The van der Waals surface area contributed by atoms with Crippen molar-refractivity contribution in [3.63, 3.8) is 0 Å². The van der Waals surface area contributed by atoms with Crippen molar-refractivity contribution < 1.29 is 33.0 Å². The molecule has 0 spiro atoms. The van der Waals surface area contributed by atoms with E-state index in [4.69, 9.17) is 0 Å². The van der Waals surface area contributed by atoms with E-state index in [2.05, 4.69) is 14.8 Å². The molecular formula is C12H18FNO6. The molecule has 0 bridgehead atoms. The van der Waals surface area contributed by atoms with Crippen molar-refractivity contribution in [2.75, 3.05) is 13.7 Å². The molecule has 1 amide bonds. The number of carbonyl (C=O) groups is 4. The lowest BCUT2D eigenvalue weighted by Crippen LogP contribution is -2.51. The predicted octanol–water partition coefficient (Wildman–Crippen LogP) is -0.0854. The van der Waals surface area contributed by atoms with Crippen LogP contribution in [0.25, 0.3) is 0 Å². The van der Waals surface area contributed by atoms with E-state index in [0.29, 0.717) is 0 Å². The number of ketones is 1. The van der Waals surface area contributed by atoms with Gasteiger partial charge in [-0.15, -0.1) is 0 Å². The molecule has 8 heteroatoms. The first kappa shape index (κ1) is 18.0. The third-order valence-corrected chi connectivity index (χ3v) is 2.51. The summed E-state index contributed by atoms with van der Waals surface area (Å²) in [7, 11) is 1.04. The van der Waals surface area contributed by atoms with Crippen molar-refractivity contribution in [2.45, 2.75) is 38.9 Å². The third kappa shape index (κ3) is 4.60. The standard InChI is InChI=1S/C12H18FNO6/c1-5-20-11(18)12(13,7(2)15)6-9(10(17)19-4)14-8(3)16/h9H,5-6H2,1-4H3,(H,14,16)/t9-,12?/m0/s1. The number of alkyl halides is 1. The number of carbonyl (C=O) groups excluding carboxylic acids is 4. The van der Waals surface area contributed by atoms with Gasteiger partial charge in [0.1, 0.15) is 6.04 Å². The van der Waals surface area contributed by atoms with Gasteiger partial charge in [-0.05, 0) is 13.8 Å². The molecule has 0 saturated heterocycles. The molecule has 20 heavy (non-hydrogen) atoms. The fourth-order valence-corrected chi connectivity index (χ4v) is 1.48. The maximum atomic E-state index is 14.5. The summed E-state index contributed by atoms with van der Waals surface area (Å²) in [4.78, 5) is 45.4. The smallest absolute Gasteiger partial charge is 0.351 e. The number of esters is 2. The van der Waals surface area contributed by atoms with Crippen LogP contribution < -0.4 is 5.32 Å². The molecule has 0 saturated carbocycles. The van der Waals surface area contributed by atoms with Crippen LogP contribution >= 0.6 is 0 Å². The van der Waals surface area contributed by atoms with Crippen molar-refractivity contribution in [3.05, 3.63) is 0 Å². The lowest BCUT2D eigenvalue weighted by Gasteiger charge is -2.24. The summed E-state index contributed by atoms with van der Waals surface area (Å²) < 4.78 is 23.4. The molecule has 1 N–H and O–H groups in total. The second-order valence-corrected chi connectivity index (χ2v) is 4.06. The van der Waals surface area contributed by atoms with E-state index in [1.807, 2.05) is 0 Å². The molecular weight excluding hydrogens is 273 g/mol. The number of amides is 1. The van der Waals surface area contributed by atoms with Crippen LogP contribution in [0.2, 0.25) is 0 Å². The number of halogens is 1. The van der Waals surface area contributed by atoms with Crippen LogP contribution in [0.5, 0.6) is 0 Å². The molecule has 2 atom stereocenters. The van der Waals surface area contributed by atoms with Gasteiger partial charge in [-0.25, -0.2) is 14.0 Å². The Balaban J connectivity index is 5.28. The highest BCUT2D eigenvalue weighted by Crippen LogP contribution is 2.23. The Bertz CT molecular complexity index is 411. The molecule has 0 aromatic rings. The Morgan fingerprint density at radius 3 is 2.15 bits per heavy atom. The van der Waals surface area contributed by atoms with Crippen LogP contribution in [0.3, 0.4) is 0 Å². The predicted molar refractivity (Wildman–Crippen MR) is 65.4 cm³/mol. The number of Topliss-reactive ketones (excluding diaryl/α,β-unsaturated/α-hetero) is 1. The minimum atomic E-state index is -3.02. The lowest BCUT2D eigenvalue weighted by atomic mass is 9.92. The highest BCUT2D eigenvalue weighted by Gasteiger charge is 2.49. The van der Waals surface area contributed by atoms with Gasteiger partial charge in [0.05, 0.1) is 13.7 Å². The average Bonchev–Trinajstić information content (AvgIpc) is 2.36. The first-order valence-electron chi connectivity index (χ1n) is 5.91. The lowest BCUT2D eigenvalue weighted by molar-refractivity contribution is -0.164. The molecule has 0 aromatic carbocycles. The van der Waals surface area contributed by atoms with Crippen LogP contribution in [0.4, 0.5) is 4.39 Å². The van der Waals surface area contributed by atoms with Gasteiger partial charge in [-0.1, -0.05) is 0 Å². The monoisotopic (exact) mass is 291 g/mol. The van der Waals surface area contributed by atoms with Gasteiger partial charge in [-0.2, -0.15) is 0 Å². The summed E-state index contributed by atoms with van der Waals surface area (Å²) in [6, 6.07) is -1.46. The summed E-state index contributed by atoms with van der Waals surface area (Å²) in [6.07, 6.45) is -0.882. The van der Waals surface area contributed by atoms with Crippen molar-refractivity contribution in [1.82, 2.24) is 5.32 Å². The highest BCUT2D eigenvalue weighted by molar-refractivity contribution is 6.06. The van der Waals surface area contributed by atoms with Crippen molar-refractivity contribution in [3.8, 4) is 0 Å². The van der Waals surface area contributed by atoms with Crippen LogP contribution in [-0.2, 0) is 28.7 Å². The topological polar surface area (TPSA) is 98.8 Å². The Hall–Kier alpha value is -1.99. The van der Waals surface area contributed by atoms with Gasteiger partial charge >= 0.3 is 11.9 Å². The zero-order chi connectivity index (χ0) is 15.9. The van der Waals surface area contributed by atoms with E-state index < -0.39 is 41.8 Å². The molecule has 0 aliphatic rings. The molecule has 114 valence electrons. The number of ether oxygens (including phenoxy) is 2. The van der Waals surface area contributed by atoms with Crippen LogP contribution in [0.15, 0.2) is 0 Å². The quantitative estimate of drug-likeness (QED) is 0.520. The molecule has 0 aliphatic heterocycles. The molecule has 0 radical (unpaired) electrons. The van der Waals surface area contributed by atoms with Crippen LogP contribution in [-0.4, -0.2) is 49.1 Å². The van der Waals surface area contributed by atoms with Gasteiger partial charge < -0.3 is 14.8 Å². The van der Waals surface area contributed by atoms with E-state index >= 15 is 0 Å². The zero-order valence-corrected chi connectivity index (χ0v) is 11.8.